The summed E-state index contributed by atoms with van der Waals surface area (Å²) in [5.74, 6) is 1.17. The van der Waals surface area contributed by atoms with E-state index in [2.05, 4.69) is 90.6 Å². The molecule has 0 saturated heterocycles. The first kappa shape index (κ1) is 18.6. The predicted octanol–water partition coefficient (Wildman–Crippen LogP) is 7.10. The standard InChI is InChI=1S/C22H34S/c1-8-23-22(16-17-11-9-10-12-17)14-13-18(20(2,3)4)15-19(22)21(5,6)7/h9,11-13,15H,8,10,14,16H2,1-7H3. The molecule has 0 aromatic carbocycles. The van der Waals surface area contributed by atoms with E-state index >= 15 is 0 Å². The van der Waals surface area contributed by atoms with Gasteiger partial charge in [-0.05, 0) is 47.0 Å². The van der Waals surface area contributed by atoms with Crippen molar-refractivity contribution in [3.05, 3.63) is 47.1 Å². The third kappa shape index (κ3) is 4.24. The maximum absolute atomic E-state index is 2.53. The first-order valence-corrected chi connectivity index (χ1v) is 10.00. The van der Waals surface area contributed by atoms with Gasteiger partial charge in [0.25, 0.3) is 0 Å². The molecular formula is C22H34S. The molecule has 0 aliphatic heterocycles. The molecule has 0 nitrogen and oxygen atoms in total. The first-order valence-electron chi connectivity index (χ1n) is 9.01. The first-order chi connectivity index (χ1) is 10.6. The van der Waals surface area contributed by atoms with Crippen LogP contribution in [0.4, 0.5) is 0 Å². The normalized spacial score (nSPS) is 25.3. The largest absolute Gasteiger partial charge is 0.150 e. The molecule has 1 unspecified atom stereocenters. The molecule has 0 radical (unpaired) electrons. The number of allylic oxidation sites excluding steroid dienone is 7. The van der Waals surface area contributed by atoms with E-state index in [1.165, 1.54) is 23.3 Å². The van der Waals surface area contributed by atoms with Crippen molar-refractivity contribution in [1.29, 1.82) is 0 Å². The second kappa shape index (κ2) is 6.67. The minimum Gasteiger partial charge on any atom is -0.150 e. The number of rotatable bonds is 4. The van der Waals surface area contributed by atoms with Gasteiger partial charge in [-0.2, -0.15) is 11.8 Å². The summed E-state index contributed by atoms with van der Waals surface area (Å²) < 4.78 is 0.224. The molecule has 0 N–H and O–H groups in total. The van der Waals surface area contributed by atoms with E-state index in [4.69, 9.17) is 0 Å². The molecule has 2 aliphatic carbocycles. The van der Waals surface area contributed by atoms with Gasteiger partial charge in [-0.15, -0.1) is 0 Å². The lowest BCUT2D eigenvalue weighted by Gasteiger charge is -2.45. The molecule has 0 aromatic rings. The van der Waals surface area contributed by atoms with E-state index in [0.29, 0.717) is 0 Å². The summed E-state index contributed by atoms with van der Waals surface area (Å²) in [5, 5.41) is 0. The quantitative estimate of drug-likeness (QED) is 0.529. The fourth-order valence-electron chi connectivity index (χ4n) is 3.75. The Bertz CT molecular complexity index is 558. The summed E-state index contributed by atoms with van der Waals surface area (Å²) in [6.45, 7) is 16.4. The molecule has 0 spiro atoms. The van der Waals surface area contributed by atoms with Gasteiger partial charge >= 0.3 is 0 Å². The molecular weight excluding hydrogens is 296 g/mol. The lowest BCUT2D eigenvalue weighted by molar-refractivity contribution is 0.425. The molecule has 0 amide bonds. The minimum atomic E-state index is 0.204. The summed E-state index contributed by atoms with van der Waals surface area (Å²) in [5.41, 5.74) is 5.09. The Kier molecular flexibility index (Phi) is 5.41. The molecule has 0 heterocycles. The van der Waals surface area contributed by atoms with Gasteiger partial charge in [0, 0.05) is 4.75 Å². The second-order valence-corrected chi connectivity index (χ2v) is 10.6. The topological polar surface area (TPSA) is 0 Å². The zero-order valence-corrected chi connectivity index (χ0v) is 16.9. The van der Waals surface area contributed by atoms with Gasteiger partial charge in [0.2, 0.25) is 0 Å². The van der Waals surface area contributed by atoms with Crippen molar-refractivity contribution in [2.75, 3.05) is 5.75 Å². The third-order valence-electron chi connectivity index (χ3n) is 4.87. The highest BCUT2D eigenvalue weighted by molar-refractivity contribution is 8.00. The van der Waals surface area contributed by atoms with Crippen LogP contribution in [-0.2, 0) is 0 Å². The summed E-state index contributed by atoms with van der Waals surface area (Å²) in [6, 6.07) is 0. The van der Waals surface area contributed by atoms with Crippen LogP contribution in [-0.4, -0.2) is 10.5 Å². The van der Waals surface area contributed by atoms with E-state index in [1.54, 1.807) is 5.57 Å². The number of hydrogen-bond donors (Lipinski definition) is 0. The van der Waals surface area contributed by atoms with Gasteiger partial charge < -0.3 is 0 Å². The van der Waals surface area contributed by atoms with Crippen LogP contribution >= 0.6 is 11.8 Å². The zero-order valence-electron chi connectivity index (χ0n) is 16.1. The molecule has 2 rings (SSSR count). The van der Waals surface area contributed by atoms with Gasteiger partial charge in [-0.3, -0.25) is 0 Å². The van der Waals surface area contributed by atoms with Crippen molar-refractivity contribution >= 4 is 11.8 Å². The predicted molar refractivity (Wildman–Crippen MR) is 107 cm³/mol. The lowest BCUT2D eigenvalue weighted by Crippen LogP contribution is -2.37. The van der Waals surface area contributed by atoms with E-state index < -0.39 is 0 Å². The number of thioether (sulfide) groups is 1. The summed E-state index contributed by atoms with van der Waals surface area (Å²) in [6.07, 6.45) is 15.5. The Balaban J connectivity index is 2.46. The summed E-state index contributed by atoms with van der Waals surface area (Å²) in [7, 11) is 0. The Morgan fingerprint density at radius 1 is 1.04 bits per heavy atom. The molecule has 128 valence electrons. The van der Waals surface area contributed by atoms with Crippen molar-refractivity contribution in [3.63, 3.8) is 0 Å². The van der Waals surface area contributed by atoms with Crippen LogP contribution in [0.5, 0.6) is 0 Å². The Morgan fingerprint density at radius 2 is 1.74 bits per heavy atom. The molecule has 0 aromatic heterocycles. The molecule has 1 atom stereocenters. The minimum absolute atomic E-state index is 0.204. The maximum Gasteiger partial charge on any atom is 0.0450 e. The SMILES string of the molecule is CCSC1(CC2=CCC=C2)CC=C(C(C)(C)C)C=C1C(C)(C)C. The molecule has 0 saturated carbocycles. The average Bonchev–Trinajstić information content (AvgIpc) is 2.89. The van der Waals surface area contributed by atoms with Crippen molar-refractivity contribution in [3.8, 4) is 0 Å². The van der Waals surface area contributed by atoms with Crippen LogP contribution in [0.2, 0.25) is 0 Å². The Labute approximate surface area is 148 Å². The highest BCUT2D eigenvalue weighted by Gasteiger charge is 2.42. The summed E-state index contributed by atoms with van der Waals surface area (Å²) in [4.78, 5) is 0. The molecule has 0 bridgehead atoms. The van der Waals surface area contributed by atoms with Crippen LogP contribution in [0.15, 0.2) is 47.1 Å². The van der Waals surface area contributed by atoms with Crippen LogP contribution < -0.4 is 0 Å². The van der Waals surface area contributed by atoms with Crippen molar-refractivity contribution in [1.82, 2.24) is 0 Å². The van der Waals surface area contributed by atoms with E-state index in [1.807, 2.05) is 0 Å². The smallest absolute Gasteiger partial charge is 0.0450 e. The van der Waals surface area contributed by atoms with Crippen molar-refractivity contribution in [2.45, 2.75) is 72.5 Å². The second-order valence-electron chi connectivity index (χ2n) is 8.94. The number of hydrogen-bond acceptors (Lipinski definition) is 1. The van der Waals surface area contributed by atoms with Crippen molar-refractivity contribution in [2.24, 2.45) is 10.8 Å². The van der Waals surface area contributed by atoms with E-state index in [9.17, 15) is 0 Å². The Morgan fingerprint density at radius 3 is 2.22 bits per heavy atom. The lowest BCUT2D eigenvalue weighted by atomic mass is 9.68. The van der Waals surface area contributed by atoms with E-state index in [0.717, 1.165) is 12.8 Å². The molecule has 0 fully saturated rings. The van der Waals surface area contributed by atoms with E-state index in [-0.39, 0.29) is 15.6 Å². The van der Waals surface area contributed by atoms with Gasteiger partial charge in [-0.25, -0.2) is 0 Å². The maximum atomic E-state index is 2.53. The van der Waals surface area contributed by atoms with Gasteiger partial charge in [0.05, 0.1) is 0 Å². The molecule has 1 heteroatoms. The van der Waals surface area contributed by atoms with Crippen LogP contribution in [0.1, 0.15) is 67.7 Å². The monoisotopic (exact) mass is 330 g/mol. The fourth-order valence-corrected chi connectivity index (χ4v) is 5.30. The summed E-state index contributed by atoms with van der Waals surface area (Å²) >= 11 is 2.15. The molecule has 2 aliphatic rings. The van der Waals surface area contributed by atoms with Crippen LogP contribution in [0, 0.1) is 10.8 Å². The van der Waals surface area contributed by atoms with Crippen LogP contribution in [0.25, 0.3) is 0 Å². The highest BCUT2D eigenvalue weighted by atomic mass is 32.2. The van der Waals surface area contributed by atoms with Gasteiger partial charge in [0.15, 0.2) is 0 Å². The van der Waals surface area contributed by atoms with Crippen molar-refractivity contribution < 1.29 is 0 Å². The van der Waals surface area contributed by atoms with Crippen LogP contribution in [0.3, 0.4) is 0 Å². The third-order valence-corrected chi connectivity index (χ3v) is 6.25. The zero-order chi connectivity index (χ0) is 17.3. The fraction of sp³-hybridized carbons (Fsp3) is 0.636. The Hall–Kier alpha value is -0.690. The average molecular weight is 331 g/mol. The van der Waals surface area contributed by atoms with Gasteiger partial charge in [0.1, 0.15) is 0 Å². The molecule has 23 heavy (non-hydrogen) atoms. The van der Waals surface area contributed by atoms with Gasteiger partial charge in [-0.1, -0.05) is 84.4 Å². The highest BCUT2D eigenvalue weighted by Crippen LogP contribution is 2.53.